The molecule has 0 aliphatic heterocycles. The van der Waals surface area contributed by atoms with Crippen LogP contribution in [-0.2, 0) is 0 Å². The third-order valence-electron chi connectivity index (χ3n) is 1.29. The fourth-order valence-electron chi connectivity index (χ4n) is 0.546. The van der Waals surface area contributed by atoms with Crippen LogP contribution >= 0.6 is 0 Å². The summed E-state index contributed by atoms with van der Waals surface area (Å²) in [5, 5.41) is 26.2. The van der Waals surface area contributed by atoms with Crippen molar-refractivity contribution in [3.8, 4) is 0 Å². The maximum absolute atomic E-state index is 9.10. The smallest absolute Gasteiger partial charge is 0.135 e. The van der Waals surface area contributed by atoms with Crippen LogP contribution in [0.5, 0.6) is 0 Å². The standard InChI is InChI=1S/C6H15NO3/c1-5(8)3-4-6(2,9)7-10/h5,7-10H,3-4H2,1-2H3. The lowest BCUT2D eigenvalue weighted by Gasteiger charge is -2.21. The molecule has 0 aromatic heterocycles. The average Bonchev–Trinajstić information content (AvgIpc) is 1.85. The van der Waals surface area contributed by atoms with Crippen LogP contribution in [0.1, 0.15) is 26.7 Å². The van der Waals surface area contributed by atoms with Crippen molar-refractivity contribution >= 4 is 0 Å². The van der Waals surface area contributed by atoms with Crippen LogP contribution in [0.3, 0.4) is 0 Å². The summed E-state index contributed by atoms with van der Waals surface area (Å²) in [4.78, 5) is 0. The molecule has 4 heteroatoms. The molecule has 0 heterocycles. The second kappa shape index (κ2) is 3.88. The van der Waals surface area contributed by atoms with Gasteiger partial charge in [-0.1, -0.05) is 0 Å². The summed E-state index contributed by atoms with van der Waals surface area (Å²) < 4.78 is 0. The van der Waals surface area contributed by atoms with Crippen LogP contribution in [0, 0.1) is 0 Å². The molecule has 2 atom stereocenters. The second-order valence-electron chi connectivity index (χ2n) is 2.77. The molecular formula is C6H15NO3. The van der Waals surface area contributed by atoms with Crippen molar-refractivity contribution in [2.45, 2.75) is 38.5 Å². The maximum atomic E-state index is 9.10. The van der Waals surface area contributed by atoms with E-state index in [1.807, 2.05) is 0 Å². The van der Waals surface area contributed by atoms with Crippen LogP contribution < -0.4 is 5.48 Å². The summed E-state index contributed by atoms with van der Waals surface area (Å²) in [6.45, 7) is 3.07. The molecule has 0 spiro atoms. The Balaban J connectivity index is 3.46. The highest BCUT2D eigenvalue weighted by atomic mass is 16.5. The van der Waals surface area contributed by atoms with E-state index in [0.29, 0.717) is 12.8 Å². The van der Waals surface area contributed by atoms with Gasteiger partial charge in [0, 0.05) is 0 Å². The highest BCUT2D eigenvalue weighted by molar-refractivity contribution is 4.65. The van der Waals surface area contributed by atoms with Crippen LogP contribution in [0.25, 0.3) is 0 Å². The van der Waals surface area contributed by atoms with Crippen LogP contribution in [0.15, 0.2) is 0 Å². The Labute approximate surface area is 60.5 Å². The van der Waals surface area contributed by atoms with Gasteiger partial charge >= 0.3 is 0 Å². The van der Waals surface area contributed by atoms with Crippen molar-refractivity contribution in [3.63, 3.8) is 0 Å². The van der Waals surface area contributed by atoms with Gasteiger partial charge < -0.3 is 15.4 Å². The van der Waals surface area contributed by atoms with Gasteiger partial charge in [-0.2, -0.15) is 5.48 Å². The molecule has 4 nitrogen and oxygen atoms in total. The molecule has 0 radical (unpaired) electrons. The predicted molar refractivity (Wildman–Crippen MR) is 36.5 cm³/mol. The van der Waals surface area contributed by atoms with Crippen molar-refractivity contribution in [3.05, 3.63) is 0 Å². The third kappa shape index (κ3) is 4.69. The van der Waals surface area contributed by atoms with E-state index in [1.54, 1.807) is 12.4 Å². The first-order chi connectivity index (χ1) is 4.48. The van der Waals surface area contributed by atoms with Crippen LogP contribution in [0.2, 0.25) is 0 Å². The number of aliphatic hydroxyl groups is 2. The highest BCUT2D eigenvalue weighted by Crippen LogP contribution is 2.08. The van der Waals surface area contributed by atoms with Crippen molar-refractivity contribution < 1.29 is 15.4 Å². The van der Waals surface area contributed by atoms with Gasteiger partial charge in [0.05, 0.1) is 6.10 Å². The predicted octanol–water partition coefficient (Wildman–Crippen LogP) is -0.165. The SMILES string of the molecule is CC(O)CCC(C)(O)NO. The van der Waals surface area contributed by atoms with Crippen molar-refractivity contribution in [1.29, 1.82) is 0 Å². The molecule has 0 saturated carbocycles. The molecular weight excluding hydrogens is 134 g/mol. The Kier molecular flexibility index (Phi) is 3.81. The molecule has 0 rings (SSSR count). The Morgan fingerprint density at radius 1 is 1.60 bits per heavy atom. The van der Waals surface area contributed by atoms with Gasteiger partial charge in [0.25, 0.3) is 0 Å². The molecule has 0 fully saturated rings. The largest absolute Gasteiger partial charge is 0.393 e. The van der Waals surface area contributed by atoms with E-state index in [-0.39, 0.29) is 0 Å². The monoisotopic (exact) mass is 149 g/mol. The Morgan fingerprint density at radius 3 is 2.40 bits per heavy atom. The van der Waals surface area contributed by atoms with Gasteiger partial charge in [0.1, 0.15) is 5.72 Å². The summed E-state index contributed by atoms with van der Waals surface area (Å²) in [5.41, 5.74) is 0.460. The van der Waals surface area contributed by atoms with Gasteiger partial charge in [-0.3, -0.25) is 0 Å². The summed E-state index contributed by atoms with van der Waals surface area (Å²) >= 11 is 0. The number of nitrogens with one attached hydrogen (secondary N) is 1. The number of hydrogen-bond acceptors (Lipinski definition) is 4. The molecule has 62 valence electrons. The quantitative estimate of drug-likeness (QED) is 0.331. The summed E-state index contributed by atoms with van der Waals surface area (Å²) in [6, 6.07) is 0. The maximum Gasteiger partial charge on any atom is 0.135 e. The molecule has 0 bridgehead atoms. The first-order valence-electron chi connectivity index (χ1n) is 3.29. The van der Waals surface area contributed by atoms with E-state index in [9.17, 15) is 0 Å². The number of rotatable bonds is 4. The lowest BCUT2D eigenvalue weighted by Crippen LogP contribution is -2.40. The first kappa shape index (κ1) is 9.84. The Hall–Kier alpha value is -0.160. The summed E-state index contributed by atoms with van der Waals surface area (Å²) in [5.74, 6) is 0. The number of hydroxylamine groups is 1. The summed E-state index contributed by atoms with van der Waals surface area (Å²) in [6.07, 6.45) is 0.335. The van der Waals surface area contributed by atoms with E-state index in [0.717, 1.165) is 0 Å². The normalized spacial score (nSPS) is 20.1. The lowest BCUT2D eigenvalue weighted by molar-refractivity contribution is -0.0896. The fourth-order valence-corrected chi connectivity index (χ4v) is 0.546. The van der Waals surface area contributed by atoms with E-state index in [2.05, 4.69) is 0 Å². The van der Waals surface area contributed by atoms with Gasteiger partial charge in [-0.05, 0) is 26.7 Å². The van der Waals surface area contributed by atoms with Crippen molar-refractivity contribution in [1.82, 2.24) is 5.48 Å². The topological polar surface area (TPSA) is 72.7 Å². The molecule has 0 saturated heterocycles. The zero-order valence-corrected chi connectivity index (χ0v) is 6.33. The van der Waals surface area contributed by atoms with Crippen LogP contribution in [-0.4, -0.2) is 27.2 Å². The second-order valence-corrected chi connectivity index (χ2v) is 2.77. The fraction of sp³-hybridized carbons (Fsp3) is 1.00. The zero-order valence-electron chi connectivity index (χ0n) is 6.33. The highest BCUT2D eigenvalue weighted by Gasteiger charge is 2.18. The zero-order chi connectivity index (χ0) is 8.20. The number of hydrogen-bond donors (Lipinski definition) is 4. The minimum Gasteiger partial charge on any atom is -0.393 e. The average molecular weight is 149 g/mol. The molecule has 10 heavy (non-hydrogen) atoms. The van der Waals surface area contributed by atoms with E-state index >= 15 is 0 Å². The molecule has 0 amide bonds. The minimum absolute atomic E-state index is 0.321. The molecule has 0 aromatic rings. The van der Waals surface area contributed by atoms with Gasteiger partial charge in [-0.25, -0.2) is 0 Å². The first-order valence-corrected chi connectivity index (χ1v) is 3.29. The molecule has 0 aliphatic rings. The van der Waals surface area contributed by atoms with Crippen LogP contribution in [0.4, 0.5) is 0 Å². The minimum atomic E-state index is -1.28. The van der Waals surface area contributed by atoms with E-state index < -0.39 is 11.8 Å². The molecule has 4 N–H and O–H groups in total. The summed E-state index contributed by atoms with van der Waals surface area (Å²) in [7, 11) is 0. The molecule has 0 aliphatic carbocycles. The van der Waals surface area contributed by atoms with E-state index in [1.165, 1.54) is 6.92 Å². The Bertz CT molecular complexity index is 93.0. The molecule has 2 unspecified atom stereocenters. The molecule has 0 aromatic carbocycles. The number of aliphatic hydroxyl groups excluding tert-OH is 1. The van der Waals surface area contributed by atoms with E-state index in [4.69, 9.17) is 15.4 Å². The van der Waals surface area contributed by atoms with Crippen molar-refractivity contribution in [2.24, 2.45) is 0 Å². The Morgan fingerprint density at radius 2 is 2.10 bits per heavy atom. The van der Waals surface area contributed by atoms with Gasteiger partial charge in [0.2, 0.25) is 0 Å². The van der Waals surface area contributed by atoms with Gasteiger partial charge in [0.15, 0.2) is 0 Å². The third-order valence-corrected chi connectivity index (χ3v) is 1.29. The van der Waals surface area contributed by atoms with Gasteiger partial charge in [-0.15, -0.1) is 0 Å². The lowest BCUT2D eigenvalue weighted by atomic mass is 10.1. The van der Waals surface area contributed by atoms with Crippen molar-refractivity contribution in [2.75, 3.05) is 0 Å².